The van der Waals surface area contributed by atoms with Gasteiger partial charge in [0, 0.05) is 12.6 Å². The minimum Gasteiger partial charge on any atom is -0.491 e. The topological polar surface area (TPSA) is 70.6 Å². The van der Waals surface area contributed by atoms with Gasteiger partial charge >= 0.3 is 6.03 Å². The third-order valence-corrected chi connectivity index (χ3v) is 2.98. The van der Waals surface area contributed by atoms with Crippen molar-refractivity contribution in [3.05, 3.63) is 29.3 Å². The zero-order valence-corrected chi connectivity index (χ0v) is 12.4. The van der Waals surface area contributed by atoms with Crippen molar-refractivity contribution in [2.24, 2.45) is 0 Å². The summed E-state index contributed by atoms with van der Waals surface area (Å²) in [5.41, 5.74) is 2.18. The monoisotopic (exact) mass is 280 g/mol. The van der Waals surface area contributed by atoms with Crippen LogP contribution in [0.5, 0.6) is 5.75 Å². The summed E-state index contributed by atoms with van der Waals surface area (Å²) >= 11 is 0. The van der Waals surface area contributed by atoms with Gasteiger partial charge < -0.3 is 20.5 Å². The van der Waals surface area contributed by atoms with Crippen molar-refractivity contribution in [2.45, 2.75) is 33.2 Å². The van der Waals surface area contributed by atoms with E-state index in [1.807, 2.05) is 39.0 Å². The van der Waals surface area contributed by atoms with E-state index in [2.05, 4.69) is 10.6 Å². The van der Waals surface area contributed by atoms with Crippen LogP contribution in [0.3, 0.4) is 0 Å². The van der Waals surface area contributed by atoms with Gasteiger partial charge in [-0.25, -0.2) is 4.79 Å². The maximum Gasteiger partial charge on any atom is 0.315 e. The Morgan fingerprint density at radius 3 is 2.60 bits per heavy atom. The van der Waals surface area contributed by atoms with E-state index in [-0.39, 0.29) is 18.7 Å². The molecule has 1 rings (SSSR count). The van der Waals surface area contributed by atoms with Crippen LogP contribution in [0, 0.1) is 13.8 Å². The smallest absolute Gasteiger partial charge is 0.315 e. The van der Waals surface area contributed by atoms with E-state index < -0.39 is 0 Å². The number of urea groups is 1. The molecule has 5 heteroatoms. The highest BCUT2D eigenvalue weighted by molar-refractivity contribution is 5.74. The summed E-state index contributed by atoms with van der Waals surface area (Å²) < 4.78 is 5.69. The fourth-order valence-corrected chi connectivity index (χ4v) is 1.89. The quantitative estimate of drug-likeness (QED) is 0.666. The van der Waals surface area contributed by atoms with Crippen LogP contribution in [0.1, 0.15) is 24.5 Å². The highest BCUT2D eigenvalue weighted by Gasteiger charge is 2.06. The summed E-state index contributed by atoms with van der Waals surface area (Å²) in [6.45, 7) is 6.77. The first-order valence-corrected chi connectivity index (χ1v) is 6.88. The minimum atomic E-state index is -0.240. The van der Waals surface area contributed by atoms with Crippen molar-refractivity contribution in [3.8, 4) is 5.75 Å². The second-order valence-electron chi connectivity index (χ2n) is 4.88. The van der Waals surface area contributed by atoms with Crippen LogP contribution in [0.15, 0.2) is 18.2 Å². The van der Waals surface area contributed by atoms with Crippen molar-refractivity contribution in [2.75, 3.05) is 19.8 Å². The van der Waals surface area contributed by atoms with Crippen molar-refractivity contribution in [3.63, 3.8) is 0 Å². The van der Waals surface area contributed by atoms with Gasteiger partial charge in [-0.3, -0.25) is 0 Å². The number of benzene rings is 1. The molecular formula is C15H24N2O3. The lowest BCUT2D eigenvalue weighted by atomic mass is 10.1. The summed E-state index contributed by atoms with van der Waals surface area (Å²) in [6.07, 6.45) is 0.548. The standard InChI is InChI=1S/C15H24N2O3/c1-11-5-4-6-12(2)14(11)20-10-8-16-15(19)17-13(3)7-9-18/h4-6,13,18H,7-10H2,1-3H3,(H2,16,17,19)/t13-/m1/s1. The van der Waals surface area contributed by atoms with E-state index in [9.17, 15) is 4.79 Å². The van der Waals surface area contributed by atoms with E-state index in [1.165, 1.54) is 0 Å². The number of aliphatic hydroxyl groups excluding tert-OH is 1. The number of aliphatic hydroxyl groups is 1. The molecule has 0 aliphatic rings. The number of hydrogen-bond donors (Lipinski definition) is 3. The van der Waals surface area contributed by atoms with Crippen LogP contribution in [-0.4, -0.2) is 36.9 Å². The molecule has 0 heterocycles. The molecule has 20 heavy (non-hydrogen) atoms. The van der Waals surface area contributed by atoms with Crippen molar-refractivity contribution < 1.29 is 14.6 Å². The summed E-state index contributed by atoms with van der Waals surface area (Å²) in [6, 6.07) is 5.71. The van der Waals surface area contributed by atoms with Crippen LogP contribution in [0.4, 0.5) is 4.79 Å². The Morgan fingerprint density at radius 1 is 1.35 bits per heavy atom. The van der Waals surface area contributed by atoms with E-state index in [0.29, 0.717) is 19.6 Å². The number of hydrogen-bond acceptors (Lipinski definition) is 3. The molecular weight excluding hydrogens is 256 g/mol. The molecule has 0 saturated carbocycles. The van der Waals surface area contributed by atoms with E-state index in [4.69, 9.17) is 9.84 Å². The lowest BCUT2D eigenvalue weighted by molar-refractivity contribution is 0.227. The number of carbonyl (C=O) groups excluding carboxylic acids is 1. The molecule has 112 valence electrons. The average Bonchev–Trinajstić information content (AvgIpc) is 2.37. The van der Waals surface area contributed by atoms with Gasteiger partial charge in [0.25, 0.3) is 0 Å². The van der Waals surface area contributed by atoms with Crippen molar-refractivity contribution >= 4 is 6.03 Å². The first-order chi connectivity index (χ1) is 9.54. The molecule has 0 aliphatic heterocycles. The number of aryl methyl sites for hydroxylation is 2. The molecule has 1 aromatic carbocycles. The molecule has 0 radical (unpaired) electrons. The number of ether oxygens (including phenoxy) is 1. The zero-order valence-electron chi connectivity index (χ0n) is 12.4. The van der Waals surface area contributed by atoms with Gasteiger partial charge in [-0.2, -0.15) is 0 Å². The number of rotatable bonds is 7. The van der Waals surface area contributed by atoms with Gasteiger partial charge in [-0.1, -0.05) is 18.2 Å². The Morgan fingerprint density at radius 2 is 2.00 bits per heavy atom. The number of para-hydroxylation sites is 1. The predicted molar refractivity (Wildman–Crippen MR) is 79.1 cm³/mol. The van der Waals surface area contributed by atoms with Gasteiger partial charge in [0.05, 0.1) is 6.54 Å². The zero-order chi connectivity index (χ0) is 15.0. The Hall–Kier alpha value is -1.75. The maximum atomic E-state index is 11.5. The van der Waals surface area contributed by atoms with Crippen LogP contribution < -0.4 is 15.4 Å². The fraction of sp³-hybridized carbons (Fsp3) is 0.533. The Balaban J connectivity index is 2.26. The van der Waals surface area contributed by atoms with Gasteiger partial charge in [-0.05, 0) is 38.3 Å². The molecule has 2 amide bonds. The molecule has 5 nitrogen and oxygen atoms in total. The summed E-state index contributed by atoms with van der Waals surface area (Å²) in [7, 11) is 0. The highest BCUT2D eigenvalue weighted by Crippen LogP contribution is 2.21. The largest absolute Gasteiger partial charge is 0.491 e. The van der Waals surface area contributed by atoms with Crippen LogP contribution in [0.25, 0.3) is 0 Å². The van der Waals surface area contributed by atoms with Crippen molar-refractivity contribution in [1.29, 1.82) is 0 Å². The normalized spacial score (nSPS) is 11.8. The number of nitrogens with one attached hydrogen (secondary N) is 2. The minimum absolute atomic E-state index is 0.0421. The summed E-state index contributed by atoms with van der Waals surface area (Å²) in [4.78, 5) is 11.5. The molecule has 0 unspecified atom stereocenters. The van der Waals surface area contributed by atoms with E-state index in [0.717, 1.165) is 16.9 Å². The molecule has 0 aliphatic carbocycles. The van der Waals surface area contributed by atoms with Gasteiger partial charge in [0.1, 0.15) is 12.4 Å². The van der Waals surface area contributed by atoms with Gasteiger partial charge in [-0.15, -0.1) is 0 Å². The molecule has 0 aromatic heterocycles. The second kappa shape index (κ2) is 8.43. The molecule has 0 spiro atoms. The fourth-order valence-electron chi connectivity index (χ4n) is 1.89. The molecule has 1 atom stereocenters. The van der Waals surface area contributed by atoms with E-state index >= 15 is 0 Å². The lowest BCUT2D eigenvalue weighted by Gasteiger charge is -2.15. The second-order valence-corrected chi connectivity index (χ2v) is 4.88. The highest BCUT2D eigenvalue weighted by atomic mass is 16.5. The first-order valence-electron chi connectivity index (χ1n) is 6.88. The third-order valence-electron chi connectivity index (χ3n) is 2.98. The van der Waals surface area contributed by atoms with Crippen molar-refractivity contribution in [1.82, 2.24) is 10.6 Å². The van der Waals surface area contributed by atoms with Gasteiger partial charge in [0.2, 0.25) is 0 Å². The van der Waals surface area contributed by atoms with Crippen LogP contribution in [-0.2, 0) is 0 Å². The Bertz CT molecular complexity index is 415. The molecule has 1 aromatic rings. The Labute approximate surface area is 120 Å². The first kappa shape index (κ1) is 16.3. The van der Waals surface area contributed by atoms with Gasteiger partial charge in [0.15, 0.2) is 0 Å². The third kappa shape index (κ3) is 5.48. The predicted octanol–water partition coefficient (Wildman–Crippen LogP) is 1.75. The Kier molecular flexibility index (Phi) is 6.87. The van der Waals surface area contributed by atoms with Crippen LogP contribution >= 0.6 is 0 Å². The lowest BCUT2D eigenvalue weighted by Crippen LogP contribution is -2.42. The molecule has 0 fully saturated rings. The number of carbonyl (C=O) groups is 1. The summed E-state index contributed by atoms with van der Waals surface area (Å²) in [5.74, 6) is 0.878. The van der Waals surface area contributed by atoms with E-state index in [1.54, 1.807) is 0 Å². The average molecular weight is 280 g/mol. The maximum absolute atomic E-state index is 11.5. The molecule has 3 N–H and O–H groups in total. The molecule has 0 saturated heterocycles. The number of amides is 2. The van der Waals surface area contributed by atoms with Crippen LogP contribution in [0.2, 0.25) is 0 Å². The SMILES string of the molecule is Cc1cccc(C)c1OCCNC(=O)N[C@H](C)CCO. The molecule has 0 bridgehead atoms. The summed E-state index contributed by atoms with van der Waals surface area (Å²) in [5, 5.41) is 14.2.